The van der Waals surface area contributed by atoms with Crippen LogP contribution in [0.15, 0.2) is 42.6 Å². The van der Waals surface area contributed by atoms with Crippen molar-refractivity contribution in [3.05, 3.63) is 42.6 Å². The van der Waals surface area contributed by atoms with Crippen molar-refractivity contribution in [1.82, 2.24) is 20.5 Å². The number of thiocarbonyl (C=S) groups is 1. The number of amides is 3. The molecule has 3 amide bonds. The monoisotopic (exact) mass is 594 g/mol. The second-order valence-corrected chi connectivity index (χ2v) is 11.4. The van der Waals surface area contributed by atoms with Crippen LogP contribution in [0.3, 0.4) is 0 Å². The highest BCUT2D eigenvalue weighted by Gasteiger charge is 2.55. The Kier molecular flexibility index (Phi) is 8.57. The van der Waals surface area contributed by atoms with Crippen LogP contribution >= 0.6 is 12.2 Å². The van der Waals surface area contributed by atoms with Gasteiger partial charge < -0.3 is 41.3 Å². The van der Waals surface area contributed by atoms with Gasteiger partial charge in [-0.15, -0.1) is 0 Å². The lowest BCUT2D eigenvalue weighted by Gasteiger charge is -2.29. The number of ether oxygens (including phenoxy) is 2. The molecule has 1 saturated carbocycles. The summed E-state index contributed by atoms with van der Waals surface area (Å²) in [5.74, 6) is -0.230. The van der Waals surface area contributed by atoms with Crippen LogP contribution in [0.25, 0.3) is 10.8 Å². The lowest BCUT2D eigenvalue weighted by Crippen LogP contribution is -2.56. The van der Waals surface area contributed by atoms with Crippen LogP contribution in [0.1, 0.15) is 44.9 Å². The first-order valence-electron chi connectivity index (χ1n) is 14.0. The van der Waals surface area contributed by atoms with Gasteiger partial charge in [0.2, 0.25) is 17.7 Å². The number of carbonyl (C=O) groups is 4. The number of aldehydes is 1. The van der Waals surface area contributed by atoms with E-state index in [0.29, 0.717) is 29.5 Å². The summed E-state index contributed by atoms with van der Waals surface area (Å²) in [6.45, 7) is 0.116. The van der Waals surface area contributed by atoms with Crippen molar-refractivity contribution in [3.8, 4) is 11.6 Å². The van der Waals surface area contributed by atoms with Crippen LogP contribution in [0.5, 0.6) is 11.6 Å². The summed E-state index contributed by atoms with van der Waals surface area (Å²) < 4.78 is 11.3. The van der Waals surface area contributed by atoms with Crippen molar-refractivity contribution < 1.29 is 28.7 Å². The molecule has 13 heteroatoms. The predicted molar refractivity (Wildman–Crippen MR) is 157 cm³/mol. The Hall–Kier alpha value is -4.26. The summed E-state index contributed by atoms with van der Waals surface area (Å²) in [7, 11) is 0. The van der Waals surface area contributed by atoms with Crippen molar-refractivity contribution in [3.63, 3.8) is 0 Å². The number of hydrogen-bond acceptors (Lipinski definition) is 8. The standard InChI is InChI=1S/C29H34N6O6S/c30-27(42)33-22-7-5-3-1-2-4-6-18-14-29(18,16-36)34-24(37)23-13-20(15-35(23)26(22)38)40-25-21-9-8-19(41-28(31)39)12-17(21)10-11-32-25/h4,6,8-12,16,18,20,22-23H,1-3,5,7,13-15H2,(H2,31,39)(H,34,37)(H3,30,33,42)/b6-4-/t18-,20-,22+,23+,29+/m1/s1. The van der Waals surface area contributed by atoms with Gasteiger partial charge >= 0.3 is 6.09 Å². The summed E-state index contributed by atoms with van der Waals surface area (Å²) in [6, 6.07) is 5.05. The normalized spacial score (nSPS) is 28.7. The number of aromatic nitrogens is 1. The molecule has 0 spiro atoms. The van der Waals surface area contributed by atoms with Crippen molar-refractivity contribution in [1.29, 1.82) is 0 Å². The molecule has 1 saturated heterocycles. The smallest absolute Gasteiger partial charge is 0.409 e. The number of nitrogens with zero attached hydrogens (tertiary/aromatic N) is 2. The Morgan fingerprint density at radius 3 is 2.81 bits per heavy atom. The van der Waals surface area contributed by atoms with E-state index in [1.807, 2.05) is 6.08 Å². The van der Waals surface area contributed by atoms with Crippen LogP contribution in [-0.4, -0.2) is 69.5 Å². The molecule has 6 N–H and O–H groups in total. The van der Waals surface area contributed by atoms with Crippen molar-refractivity contribution in [2.45, 2.75) is 68.7 Å². The van der Waals surface area contributed by atoms with E-state index >= 15 is 0 Å². The highest BCUT2D eigenvalue weighted by atomic mass is 32.1. The molecule has 0 bridgehead atoms. The fraction of sp³-hybridized carbons (Fsp3) is 0.448. The predicted octanol–water partition coefficient (Wildman–Crippen LogP) is 1.84. The van der Waals surface area contributed by atoms with E-state index in [2.05, 4.69) is 21.7 Å². The molecule has 1 aliphatic carbocycles. The van der Waals surface area contributed by atoms with Crippen LogP contribution < -0.4 is 31.6 Å². The van der Waals surface area contributed by atoms with Crippen LogP contribution in [-0.2, 0) is 14.4 Å². The van der Waals surface area contributed by atoms with E-state index in [-0.39, 0.29) is 35.7 Å². The first-order valence-corrected chi connectivity index (χ1v) is 14.4. The third kappa shape index (κ3) is 6.46. The minimum Gasteiger partial charge on any atom is -0.472 e. The molecule has 2 aromatic rings. The molecule has 1 aromatic heterocycles. The topological polar surface area (TPSA) is 179 Å². The first kappa shape index (κ1) is 29.2. The van der Waals surface area contributed by atoms with Gasteiger partial charge in [0.1, 0.15) is 35.8 Å². The first-order chi connectivity index (χ1) is 20.2. The average molecular weight is 595 g/mol. The Bertz CT molecular complexity index is 1430. The second kappa shape index (κ2) is 12.3. The molecule has 42 heavy (non-hydrogen) atoms. The third-order valence-corrected chi connectivity index (χ3v) is 8.13. The number of fused-ring (bicyclic) bond motifs is 3. The van der Waals surface area contributed by atoms with Gasteiger partial charge in [-0.3, -0.25) is 9.59 Å². The van der Waals surface area contributed by atoms with Crippen molar-refractivity contribution >= 4 is 52.3 Å². The van der Waals surface area contributed by atoms with Gasteiger partial charge in [-0.2, -0.15) is 0 Å². The van der Waals surface area contributed by atoms with Gasteiger partial charge in [-0.1, -0.05) is 25.0 Å². The fourth-order valence-corrected chi connectivity index (χ4v) is 5.92. The summed E-state index contributed by atoms with van der Waals surface area (Å²) in [4.78, 5) is 56.6. The van der Waals surface area contributed by atoms with Gasteiger partial charge in [0.15, 0.2) is 5.11 Å². The highest BCUT2D eigenvalue weighted by Crippen LogP contribution is 2.43. The van der Waals surface area contributed by atoms with E-state index in [9.17, 15) is 19.2 Å². The van der Waals surface area contributed by atoms with Gasteiger partial charge in [-0.05, 0) is 67.6 Å². The second-order valence-electron chi connectivity index (χ2n) is 11.0. The summed E-state index contributed by atoms with van der Waals surface area (Å²) >= 11 is 5.06. The SMILES string of the molecule is NC(=O)Oc1ccc2c(O[C@@H]3C[C@H]4C(=O)N[C@]5(C=O)C[C@H]5/C=C\CCCCC[C@H](NC(N)=S)C(=O)N4C3)nccc2c1. The molecule has 222 valence electrons. The Morgan fingerprint density at radius 2 is 2.05 bits per heavy atom. The lowest BCUT2D eigenvalue weighted by atomic mass is 10.1. The molecule has 1 aromatic carbocycles. The maximum absolute atomic E-state index is 13.9. The van der Waals surface area contributed by atoms with Gasteiger partial charge in [0.05, 0.1) is 6.54 Å². The number of benzene rings is 1. The maximum Gasteiger partial charge on any atom is 0.409 e. The summed E-state index contributed by atoms with van der Waals surface area (Å²) in [6.07, 6.45) is 9.58. The van der Waals surface area contributed by atoms with Crippen LogP contribution in [0, 0.1) is 5.92 Å². The van der Waals surface area contributed by atoms with Gasteiger partial charge in [-0.25, -0.2) is 9.78 Å². The average Bonchev–Trinajstić information content (AvgIpc) is 3.46. The molecule has 5 rings (SSSR count). The van der Waals surface area contributed by atoms with Gasteiger partial charge in [0, 0.05) is 23.9 Å². The lowest BCUT2D eigenvalue weighted by molar-refractivity contribution is -0.140. The van der Waals surface area contributed by atoms with E-state index in [1.54, 1.807) is 30.5 Å². The molecule has 0 radical (unpaired) electrons. The number of hydrogen-bond donors (Lipinski definition) is 4. The summed E-state index contributed by atoms with van der Waals surface area (Å²) in [5.41, 5.74) is 9.92. The number of rotatable bonds is 5. The van der Waals surface area contributed by atoms with Gasteiger partial charge in [0.25, 0.3) is 0 Å². The molecule has 2 fully saturated rings. The highest BCUT2D eigenvalue weighted by molar-refractivity contribution is 7.80. The number of nitrogens with two attached hydrogens (primary N) is 2. The minimum absolute atomic E-state index is 0.00238. The summed E-state index contributed by atoms with van der Waals surface area (Å²) in [5, 5.41) is 7.18. The van der Waals surface area contributed by atoms with E-state index in [0.717, 1.165) is 32.0 Å². The number of nitrogens with one attached hydrogen (secondary N) is 2. The zero-order chi connectivity index (χ0) is 29.9. The molecule has 3 heterocycles. The zero-order valence-corrected chi connectivity index (χ0v) is 23.8. The largest absolute Gasteiger partial charge is 0.472 e. The van der Waals surface area contributed by atoms with E-state index < -0.39 is 35.7 Å². The molecule has 12 nitrogen and oxygen atoms in total. The molecular weight excluding hydrogens is 560 g/mol. The number of primary amides is 1. The van der Waals surface area contributed by atoms with Crippen molar-refractivity contribution in [2.75, 3.05) is 6.54 Å². The number of carbonyl (C=O) groups excluding carboxylic acids is 4. The fourth-order valence-electron chi connectivity index (χ4n) is 5.78. The molecule has 2 aliphatic heterocycles. The Morgan fingerprint density at radius 1 is 1.21 bits per heavy atom. The Labute approximate surface area is 248 Å². The molecule has 5 atom stereocenters. The van der Waals surface area contributed by atoms with Crippen LogP contribution in [0.2, 0.25) is 0 Å². The molecular formula is C29H34N6O6S. The Balaban J connectivity index is 1.42. The number of allylic oxidation sites excluding steroid dienone is 1. The zero-order valence-electron chi connectivity index (χ0n) is 23.0. The van der Waals surface area contributed by atoms with Crippen molar-refractivity contribution in [2.24, 2.45) is 17.4 Å². The van der Waals surface area contributed by atoms with E-state index in [1.165, 1.54) is 4.90 Å². The van der Waals surface area contributed by atoms with E-state index in [4.69, 9.17) is 33.2 Å². The minimum atomic E-state index is -0.972. The maximum atomic E-state index is 13.9. The molecule has 0 unspecified atom stereocenters. The quantitative estimate of drug-likeness (QED) is 0.227. The third-order valence-electron chi connectivity index (χ3n) is 8.02. The molecule has 3 aliphatic rings. The van der Waals surface area contributed by atoms with Crippen LogP contribution in [0.4, 0.5) is 4.79 Å². The number of pyridine rings is 1.